The molecular weight excluding hydrogens is 594 g/mol. The monoisotopic (exact) mass is 649 g/mol. The summed E-state index contributed by atoms with van der Waals surface area (Å²) in [5, 5.41) is 5.74. The van der Waals surface area contributed by atoms with Crippen LogP contribution in [0.25, 0.3) is 6.08 Å². The lowest BCUT2D eigenvalue weighted by molar-refractivity contribution is -0.159. The zero-order chi connectivity index (χ0) is 35.5. The smallest absolute Gasteiger partial charge is 0.408 e. The van der Waals surface area contributed by atoms with Crippen molar-refractivity contribution in [3.05, 3.63) is 77.9 Å². The second-order valence-electron chi connectivity index (χ2n) is 14.1. The van der Waals surface area contributed by atoms with E-state index in [0.29, 0.717) is 18.4 Å². The lowest BCUT2D eigenvalue weighted by atomic mass is 9.93. The fraction of sp³-hybridized carbons (Fsp3) is 0.526. The molecule has 0 fully saturated rings. The topological polar surface area (TPSA) is 114 Å². The van der Waals surface area contributed by atoms with Gasteiger partial charge in [0.05, 0.1) is 0 Å². The Kier molecular flexibility index (Phi) is 14.2. The largest absolute Gasteiger partial charge is 0.458 e. The Labute approximate surface area is 281 Å². The molecule has 258 valence electrons. The summed E-state index contributed by atoms with van der Waals surface area (Å²) in [6, 6.07) is 13.0. The average Bonchev–Trinajstić information content (AvgIpc) is 2.99. The molecule has 5 atom stereocenters. The van der Waals surface area contributed by atoms with Gasteiger partial charge >= 0.3 is 12.1 Å². The number of nitrogens with zero attached hydrogens (tertiary/aromatic N) is 1. The first-order valence-electron chi connectivity index (χ1n) is 16.5. The maximum absolute atomic E-state index is 14.7. The van der Waals surface area contributed by atoms with Crippen molar-refractivity contribution in [2.75, 3.05) is 0 Å². The Morgan fingerprint density at radius 1 is 0.851 bits per heavy atom. The van der Waals surface area contributed by atoms with Gasteiger partial charge in [-0.25, -0.2) is 9.59 Å². The molecule has 9 heteroatoms. The molecule has 0 radical (unpaired) electrons. The van der Waals surface area contributed by atoms with E-state index in [4.69, 9.17) is 9.47 Å². The Balaban J connectivity index is 2.69. The van der Waals surface area contributed by atoms with Gasteiger partial charge in [0.1, 0.15) is 29.3 Å². The third-order valence-electron chi connectivity index (χ3n) is 7.75. The number of ether oxygens (including phenoxy) is 2. The minimum atomic E-state index is -1.15. The fourth-order valence-corrected chi connectivity index (χ4v) is 5.03. The van der Waals surface area contributed by atoms with Crippen LogP contribution in [0, 0.1) is 5.92 Å². The Morgan fingerprint density at radius 3 is 2.00 bits per heavy atom. The average molecular weight is 650 g/mol. The van der Waals surface area contributed by atoms with E-state index in [9.17, 15) is 19.2 Å². The van der Waals surface area contributed by atoms with E-state index in [0.717, 1.165) is 11.1 Å². The molecule has 2 aromatic carbocycles. The van der Waals surface area contributed by atoms with Crippen LogP contribution in [0.15, 0.2) is 61.2 Å². The van der Waals surface area contributed by atoms with Gasteiger partial charge in [-0.15, -0.1) is 0 Å². The molecule has 5 unspecified atom stereocenters. The lowest BCUT2D eigenvalue weighted by Gasteiger charge is -2.40. The highest BCUT2D eigenvalue weighted by Gasteiger charge is 2.41. The fourth-order valence-electron chi connectivity index (χ4n) is 5.03. The van der Waals surface area contributed by atoms with E-state index >= 15 is 0 Å². The van der Waals surface area contributed by atoms with Crippen LogP contribution in [-0.4, -0.2) is 58.1 Å². The summed E-state index contributed by atoms with van der Waals surface area (Å²) in [5.41, 5.74) is 0.574. The second-order valence-corrected chi connectivity index (χ2v) is 14.1. The van der Waals surface area contributed by atoms with E-state index in [1.54, 1.807) is 65.8 Å². The zero-order valence-electron chi connectivity index (χ0n) is 29.9. The summed E-state index contributed by atoms with van der Waals surface area (Å²) in [5.74, 6) is -1.84. The lowest BCUT2D eigenvalue weighted by Crippen LogP contribution is -2.58. The SMILES string of the molecule is C=Cc1cccc(C(C(=O)NC(Cc2ccccc2)C(=O)OC(C)(C)C)N(C(=O)C(NC(=O)OC(C)(C)C)C(C)CC)C(C)CC)c1. The first-order chi connectivity index (χ1) is 21.9. The molecule has 2 aromatic rings. The van der Waals surface area contributed by atoms with E-state index < -0.39 is 59.2 Å². The Bertz CT molecular complexity index is 1360. The number of carbonyl (C=O) groups is 4. The minimum Gasteiger partial charge on any atom is -0.458 e. The zero-order valence-corrected chi connectivity index (χ0v) is 29.9. The van der Waals surface area contributed by atoms with E-state index in [1.807, 2.05) is 64.1 Å². The van der Waals surface area contributed by atoms with Gasteiger partial charge in [0.2, 0.25) is 11.8 Å². The minimum absolute atomic E-state index is 0.188. The van der Waals surface area contributed by atoms with Crippen LogP contribution in [0.1, 0.15) is 105 Å². The van der Waals surface area contributed by atoms with Crippen LogP contribution in [0.2, 0.25) is 0 Å². The molecule has 2 N–H and O–H groups in total. The second kappa shape index (κ2) is 17.1. The molecule has 0 aromatic heterocycles. The van der Waals surface area contributed by atoms with Crippen molar-refractivity contribution < 1.29 is 28.7 Å². The number of amides is 3. The van der Waals surface area contributed by atoms with Gasteiger partial charge < -0.3 is 25.0 Å². The van der Waals surface area contributed by atoms with Crippen LogP contribution >= 0.6 is 0 Å². The number of alkyl carbamates (subject to hydrolysis) is 1. The first-order valence-corrected chi connectivity index (χ1v) is 16.5. The van der Waals surface area contributed by atoms with Crippen LogP contribution in [-0.2, 0) is 30.3 Å². The molecule has 3 amide bonds. The molecular formula is C38H55N3O6. The van der Waals surface area contributed by atoms with Gasteiger partial charge in [-0.1, -0.05) is 88.4 Å². The number of nitrogens with one attached hydrogen (secondary N) is 2. The van der Waals surface area contributed by atoms with Crippen molar-refractivity contribution in [3.63, 3.8) is 0 Å². The molecule has 0 aliphatic carbocycles. The van der Waals surface area contributed by atoms with Crippen molar-refractivity contribution in [2.45, 2.75) is 124 Å². The molecule has 0 heterocycles. The molecule has 0 spiro atoms. The summed E-state index contributed by atoms with van der Waals surface area (Å²) in [6.07, 6.45) is 2.24. The van der Waals surface area contributed by atoms with Gasteiger partial charge in [0, 0.05) is 12.5 Å². The van der Waals surface area contributed by atoms with Crippen molar-refractivity contribution in [2.24, 2.45) is 5.92 Å². The predicted octanol–water partition coefficient (Wildman–Crippen LogP) is 7.01. The molecule has 9 nitrogen and oxygen atoms in total. The number of esters is 1. The number of rotatable bonds is 14. The number of benzene rings is 2. The quantitative estimate of drug-likeness (QED) is 0.213. The van der Waals surface area contributed by atoms with Crippen molar-refractivity contribution in [3.8, 4) is 0 Å². The van der Waals surface area contributed by atoms with E-state index in [-0.39, 0.29) is 12.3 Å². The summed E-state index contributed by atoms with van der Waals surface area (Å²) in [7, 11) is 0. The summed E-state index contributed by atoms with van der Waals surface area (Å²) in [6.45, 7) is 22.0. The predicted molar refractivity (Wildman–Crippen MR) is 186 cm³/mol. The maximum atomic E-state index is 14.7. The summed E-state index contributed by atoms with van der Waals surface area (Å²) in [4.78, 5) is 57.3. The molecule has 0 aliphatic rings. The Hall–Kier alpha value is -4.14. The third-order valence-corrected chi connectivity index (χ3v) is 7.75. The van der Waals surface area contributed by atoms with Gasteiger partial charge in [-0.05, 0) is 83.6 Å². The summed E-state index contributed by atoms with van der Waals surface area (Å²) < 4.78 is 11.2. The van der Waals surface area contributed by atoms with Crippen LogP contribution in [0.4, 0.5) is 4.79 Å². The van der Waals surface area contributed by atoms with E-state index in [1.165, 1.54) is 4.90 Å². The molecule has 47 heavy (non-hydrogen) atoms. The van der Waals surface area contributed by atoms with Gasteiger partial charge in [0.15, 0.2) is 0 Å². The number of hydrogen-bond donors (Lipinski definition) is 2. The van der Waals surface area contributed by atoms with Gasteiger partial charge in [-0.2, -0.15) is 0 Å². The third kappa shape index (κ3) is 12.2. The van der Waals surface area contributed by atoms with Gasteiger partial charge in [0.25, 0.3) is 0 Å². The van der Waals surface area contributed by atoms with Crippen LogP contribution in [0.5, 0.6) is 0 Å². The van der Waals surface area contributed by atoms with Crippen LogP contribution < -0.4 is 10.6 Å². The van der Waals surface area contributed by atoms with Crippen molar-refractivity contribution >= 4 is 30.0 Å². The highest BCUT2D eigenvalue weighted by Crippen LogP contribution is 2.29. The number of carbonyl (C=O) groups excluding carboxylic acids is 4. The molecule has 2 rings (SSSR count). The highest BCUT2D eigenvalue weighted by molar-refractivity contribution is 5.94. The van der Waals surface area contributed by atoms with Crippen molar-refractivity contribution in [1.29, 1.82) is 0 Å². The molecule has 0 saturated carbocycles. The number of hydrogen-bond acceptors (Lipinski definition) is 6. The standard InChI is InChI=1S/C38H55N3O6/c1-12-25(4)31(40-36(45)47-38(9,10)11)34(43)41(26(5)13-2)32(29-22-18-21-27(14-3)23-29)33(42)39-30(35(44)46-37(6,7)8)24-28-19-16-15-17-20-28/h14-23,25-26,30-32H,3,12-13,24H2,1-2,4-11H3,(H,39,42)(H,40,45). The van der Waals surface area contributed by atoms with Gasteiger partial charge in [-0.3, -0.25) is 9.59 Å². The van der Waals surface area contributed by atoms with E-state index in [2.05, 4.69) is 17.2 Å². The highest BCUT2D eigenvalue weighted by atomic mass is 16.6. The normalized spacial score (nSPS) is 14.9. The first kappa shape index (κ1) is 39.0. The van der Waals surface area contributed by atoms with Crippen LogP contribution in [0.3, 0.4) is 0 Å². The molecule has 0 saturated heterocycles. The maximum Gasteiger partial charge on any atom is 0.408 e. The Morgan fingerprint density at radius 2 is 1.47 bits per heavy atom. The van der Waals surface area contributed by atoms with Crippen molar-refractivity contribution in [1.82, 2.24) is 15.5 Å². The summed E-state index contributed by atoms with van der Waals surface area (Å²) >= 11 is 0. The molecule has 0 aliphatic heterocycles. The molecule has 0 bridgehead atoms.